The maximum absolute atomic E-state index is 14.4. The SMILES string of the molecule is C[C@@H]1CN([C@H](C)CO)C(=O)c2c(c3ccccc3n2C)-c2ccccc2CO[C@@H]1CN(C)C(=O)c1ccncc1. The molecule has 1 aliphatic rings. The average molecular weight is 541 g/mol. The van der Waals surface area contributed by atoms with Gasteiger partial charge < -0.3 is 24.2 Å². The first-order valence-electron chi connectivity index (χ1n) is 13.7. The van der Waals surface area contributed by atoms with Crippen LogP contribution in [0.3, 0.4) is 0 Å². The molecule has 0 bridgehead atoms. The fourth-order valence-corrected chi connectivity index (χ4v) is 5.59. The predicted octanol–water partition coefficient (Wildman–Crippen LogP) is 4.37. The van der Waals surface area contributed by atoms with Crippen LogP contribution in [0.25, 0.3) is 22.0 Å². The summed E-state index contributed by atoms with van der Waals surface area (Å²) in [6.07, 6.45) is 2.85. The van der Waals surface area contributed by atoms with Crippen molar-refractivity contribution in [3.8, 4) is 11.1 Å². The zero-order valence-electron chi connectivity index (χ0n) is 23.4. The minimum absolute atomic E-state index is 0.122. The number of amides is 2. The molecule has 0 saturated heterocycles. The summed E-state index contributed by atoms with van der Waals surface area (Å²) in [4.78, 5) is 35.0. The smallest absolute Gasteiger partial charge is 0.271 e. The Morgan fingerprint density at radius 1 is 1.12 bits per heavy atom. The first-order chi connectivity index (χ1) is 19.3. The monoisotopic (exact) mass is 540 g/mol. The number of aromatic nitrogens is 2. The van der Waals surface area contributed by atoms with E-state index in [-0.39, 0.29) is 30.4 Å². The zero-order valence-corrected chi connectivity index (χ0v) is 23.4. The van der Waals surface area contributed by atoms with Crippen LogP contribution in [0, 0.1) is 5.92 Å². The highest BCUT2D eigenvalue weighted by atomic mass is 16.5. The van der Waals surface area contributed by atoms with Gasteiger partial charge in [0.1, 0.15) is 5.69 Å². The van der Waals surface area contributed by atoms with Gasteiger partial charge in [-0.3, -0.25) is 14.6 Å². The number of likely N-dealkylation sites (N-methyl/N-ethyl adjacent to an activating group) is 1. The molecule has 2 aromatic carbocycles. The standard InChI is InChI=1S/C32H36N4O4/c1-21-17-36(22(2)19-37)32(39)30-29(26-11-7-8-12-27(26)35(30)4)25-10-6-5-9-24(25)20-40-28(21)18-34(3)31(38)23-13-15-33-16-14-23/h5-16,21-22,28,37H,17-20H2,1-4H3/t21-,22-,28-/m1/s1. The summed E-state index contributed by atoms with van der Waals surface area (Å²) >= 11 is 0. The van der Waals surface area contributed by atoms with Gasteiger partial charge >= 0.3 is 0 Å². The minimum Gasteiger partial charge on any atom is -0.394 e. The molecule has 40 heavy (non-hydrogen) atoms. The van der Waals surface area contributed by atoms with E-state index in [1.807, 2.05) is 74.0 Å². The number of hydrogen-bond donors (Lipinski definition) is 1. The number of carbonyl (C=O) groups excluding carboxylic acids is 2. The van der Waals surface area contributed by atoms with Crippen molar-refractivity contribution in [2.45, 2.75) is 32.6 Å². The third-order valence-corrected chi connectivity index (χ3v) is 7.95. The van der Waals surface area contributed by atoms with Gasteiger partial charge in [-0.05, 0) is 36.2 Å². The van der Waals surface area contributed by atoms with Crippen LogP contribution in [0.2, 0.25) is 0 Å². The topological polar surface area (TPSA) is 87.9 Å². The Hall–Kier alpha value is -4.01. The maximum Gasteiger partial charge on any atom is 0.271 e. The number of benzene rings is 2. The van der Waals surface area contributed by atoms with Gasteiger partial charge in [-0.15, -0.1) is 0 Å². The predicted molar refractivity (Wildman–Crippen MR) is 155 cm³/mol. The summed E-state index contributed by atoms with van der Waals surface area (Å²) in [6, 6.07) is 19.0. The van der Waals surface area contributed by atoms with Crippen LogP contribution < -0.4 is 0 Å². The van der Waals surface area contributed by atoms with E-state index in [9.17, 15) is 14.7 Å². The Morgan fingerprint density at radius 3 is 2.58 bits per heavy atom. The third-order valence-electron chi connectivity index (χ3n) is 7.95. The lowest BCUT2D eigenvalue weighted by Gasteiger charge is -2.35. The summed E-state index contributed by atoms with van der Waals surface area (Å²) in [5, 5.41) is 11.2. The molecule has 0 radical (unpaired) electrons. The number of aryl methyl sites for hydroxylation is 1. The molecule has 208 valence electrons. The van der Waals surface area contributed by atoms with E-state index in [0.717, 1.165) is 27.6 Å². The van der Waals surface area contributed by atoms with Crippen molar-refractivity contribution in [2.24, 2.45) is 13.0 Å². The van der Waals surface area contributed by atoms with E-state index in [0.29, 0.717) is 31.0 Å². The molecule has 3 atom stereocenters. The summed E-state index contributed by atoms with van der Waals surface area (Å²) in [5.74, 6) is -0.392. The normalized spacial score (nSPS) is 18.5. The fraction of sp³-hybridized carbons (Fsp3) is 0.344. The Bertz CT molecular complexity index is 1520. The highest BCUT2D eigenvalue weighted by molar-refractivity contribution is 6.10. The lowest BCUT2D eigenvalue weighted by Crippen LogP contribution is -2.48. The van der Waals surface area contributed by atoms with Crippen molar-refractivity contribution in [1.82, 2.24) is 19.4 Å². The van der Waals surface area contributed by atoms with E-state index in [1.54, 1.807) is 41.4 Å². The van der Waals surface area contributed by atoms with Crippen molar-refractivity contribution in [3.63, 3.8) is 0 Å². The Balaban J connectivity index is 1.60. The van der Waals surface area contributed by atoms with Crippen molar-refractivity contribution >= 4 is 22.7 Å². The number of para-hydroxylation sites is 1. The van der Waals surface area contributed by atoms with E-state index in [4.69, 9.17) is 4.74 Å². The number of aliphatic hydroxyl groups is 1. The Kier molecular flexibility index (Phi) is 8.00. The van der Waals surface area contributed by atoms with Crippen LogP contribution in [0.4, 0.5) is 0 Å². The molecule has 8 nitrogen and oxygen atoms in total. The highest BCUT2D eigenvalue weighted by Gasteiger charge is 2.34. The molecule has 0 saturated carbocycles. The summed E-state index contributed by atoms with van der Waals surface area (Å²) in [6.45, 7) is 4.76. The van der Waals surface area contributed by atoms with Crippen LogP contribution in [0.1, 0.15) is 40.3 Å². The number of aliphatic hydroxyl groups excluding tert-OH is 1. The lowest BCUT2D eigenvalue weighted by atomic mass is 9.96. The van der Waals surface area contributed by atoms with Gasteiger partial charge in [0.2, 0.25) is 0 Å². The number of fused-ring (bicyclic) bond motifs is 5. The molecule has 4 aromatic rings. The number of rotatable bonds is 5. The molecule has 2 amide bonds. The molecule has 0 fully saturated rings. The van der Waals surface area contributed by atoms with Crippen LogP contribution in [-0.4, -0.2) is 75.2 Å². The van der Waals surface area contributed by atoms with Gasteiger partial charge in [0.15, 0.2) is 0 Å². The van der Waals surface area contributed by atoms with Gasteiger partial charge in [-0.25, -0.2) is 0 Å². The molecule has 0 unspecified atom stereocenters. The second-order valence-electron chi connectivity index (χ2n) is 10.7. The van der Waals surface area contributed by atoms with Gasteiger partial charge in [0, 0.05) is 67.5 Å². The van der Waals surface area contributed by atoms with Crippen molar-refractivity contribution in [3.05, 3.63) is 89.9 Å². The quantitative estimate of drug-likeness (QED) is 0.406. The van der Waals surface area contributed by atoms with Crippen molar-refractivity contribution in [2.75, 3.05) is 26.7 Å². The van der Waals surface area contributed by atoms with Crippen LogP contribution in [0.15, 0.2) is 73.1 Å². The van der Waals surface area contributed by atoms with Gasteiger partial charge in [0.25, 0.3) is 11.8 Å². The second kappa shape index (κ2) is 11.6. The molecular formula is C32H36N4O4. The highest BCUT2D eigenvalue weighted by Crippen LogP contribution is 2.38. The molecular weight excluding hydrogens is 504 g/mol. The fourth-order valence-electron chi connectivity index (χ4n) is 5.59. The number of ether oxygens (including phenoxy) is 1. The first kappa shape index (κ1) is 27.6. The molecule has 8 heteroatoms. The van der Waals surface area contributed by atoms with Crippen LogP contribution in [0.5, 0.6) is 0 Å². The number of pyridine rings is 1. The Labute approximate surface area is 234 Å². The summed E-state index contributed by atoms with van der Waals surface area (Å²) < 4.78 is 8.55. The zero-order chi connectivity index (χ0) is 28.4. The lowest BCUT2D eigenvalue weighted by molar-refractivity contribution is -0.0210. The summed E-state index contributed by atoms with van der Waals surface area (Å²) in [5.41, 5.74) is 4.89. The minimum atomic E-state index is -0.409. The number of carbonyl (C=O) groups is 2. The molecule has 2 aromatic heterocycles. The van der Waals surface area contributed by atoms with Gasteiger partial charge in [-0.1, -0.05) is 49.4 Å². The number of nitrogens with zero attached hydrogens (tertiary/aromatic N) is 4. The summed E-state index contributed by atoms with van der Waals surface area (Å²) in [7, 11) is 3.69. The second-order valence-corrected chi connectivity index (χ2v) is 10.7. The van der Waals surface area contributed by atoms with Crippen molar-refractivity contribution in [1.29, 1.82) is 0 Å². The van der Waals surface area contributed by atoms with E-state index >= 15 is 0 Å². The molecule has 5 rings (SSSR count). The maximum atomic E-state index is 14.4. The average Bonchev–Trinajstić information content (AvgIpc) is 3.28. The molecule has 0 aliphatic carbocycles. The van der Waals surface area contributed by atoms with Crippen LogP contribution in [-0.2, 0) is 18.4 Å². The van der Waals surface area contributed by atoms with Crippen LogP contribution >= 0.6 is 0 Å². The van der Waals surface area contributed by atoms with Crippen molar-refractivity contribution < 1.29 is 19.4 Å². The van der Waals surface area contributed by atoms with E-state index < -0.39 is 6.04 Å². The molecule has 3 heterocycles. The van der Waals surface area contributed by atoms with E-state index in [1.165, 1.54) is 0 Å². The third kappa shape index (κ3) is 5.12. The molecule has 0 spiro atoms. The van der Waals surface area contributed by atoms with Gasteiger partial charge in [0.05, 0.1) is 25.4 Å². The largest absolute Gasteiger partial charge is 0.394 e. The first-order valence-corrected chi connectivity index (χ1v) is 13.7. The molecule has 1 aliphatic heterocycles. The molecule has 1 N–H and O–H groups in total. The number of hydrogen-bond acceptors (Lipinski definition) is 5. The Morgan fingerprint density at radius 2 is 1.82 bits per heavy atom. The van der Waals surface area contributed by atoms with Gasteiger partial charge in [-0.2, -0.15) is 0 Å². The van der Waals surface area contributed by atoms with E-state index in [2.05, 4.69) is 4.98 Å².